The van der Waals surface area contributed by atoms with Crippen LogP contribution in [-0.4, -0.2) is 42.4 Å². The number of oxime groups is 1. The van der Waals surface area contributed by atoms with Crippen molar-refractivity contribution in [2.45, 2.75) is 32.4 Å². The van der Waals surface area contributed by atoms with Gasteiger partial charge in [-0.15, -0.1) is 0 Å². The summed E-state index contributed by atoms with van der Waals surface area (Å²) in [5, 5.41) is 6.84. The lowest BCUT2D eigenvalue weighted by Gasteiger charge is -2.21. The maximum Gasteiger partial charge on any atom is 0.317 e. The Labute approximate surface area is 123 Å². The molecule has 2 amide bonds. The summed E-state index contributed by atoms with van der Waals surface area (Å²) in [5.74, 6) is -0.278. The van der Waals surface area contributed by atoms with Gasteiger partial charge in [0.05, 0.1) is 12.3 Å². The van der Waals surface area contributed by atoms with Crippen molar-refractivity contribution in [1.29, 1.82) is 0 Å². The van der Waals surface area contributed by atoms with Crippen molar-refractivity contribution in [2.24, 2.45) is 5.16 Å². The van der Waals surface area contributed by atoms with Crippen LogP contribution in [0.3, 0.4) is 0 Å². The first-order chi connectivity index (χ1) is 9.95. The first kappa shape index (κ1) is 15.3. The highest BCUT2D eigenvalue weighted by atomic mass is 19.1. The molecule has 0 saturated carbocycles. The third kappa shape index (κ3) is 4.18. The predicted molar refractivity (Wildman–Crippen MR) is 78.7 cm³/mol. The second-order valence-electron chi connectivity index (χ2n) is 5.46. The predicted octanol–water partition coefficient (Wildman–Crippen LogP) is 2.37. The van der Waals surface area contributed by atoms with Crippen LogP contribution in [0, 0.1) is 5.82 Å². The SMILES string of the molecule is CC(C)NC(=O)N(C)C[C@H]1CC(c2ccc(F)cc2)=NO1. The zero-order valence-electron chi connectivity index (χ0n) is 12.5. The molecular weight excluding hydrogens is 273 g/mol. The monoisotopic (exact) mass is 293 g/mol. The minimum atomic E-state index is -0.278. The summed E-state index contributed by atoms with van der Waals surface area (Å²) in [6.45, 7) is 4.27. The normalized spacial score (nSPS) is 17.4. The molecule has 0 aliphatic carbocycles. The topological polar surface area (TPSA) is 53.9 Å². The Balaban J connectivity index is 1.87. The number of benzene rings is 1. The first-order valence-electron chi connectivity index (χ1n) is 6.96. The Hall–Kier alpha value is -2.11. The van der Waals surface area contributed by atoms with Crippen molar-refractivity contribution in [3.63, 3.8) is 0 Å². The van der Waals surface area contributed by atoms with Gasteiger partial charge in [0.25, 0.3) is 0 Å². The number of hydrogen-bond acceptors (Lipinski definition) is 3. The Morgan fingerprint density at radius 3 is 2.76 bits per heavy atom. The molecule has 2 rings (SSSR count). The Morgan fingerprint density at radius 1 is 1.48 bits per heavy atom. The summed E-state index contributed by atoms with van der Waals surface area (Å²) in [7, 11) is 1.72. The van der Waals surface area contributed by atoms with Crippen LogP contribution >= 0.6 is 0 Å². The standard InChI is InChI=1S/C15H20FN3O2/c1-10(2)17-15(20)19(3)9-13-8-14(18-21-13)11-4-6-12(16)7-5-11/h4-7,10,13H,8-9H2,1-3H3,(H,17,20)/t13-/m1/s1. The van der Waals surface area contributed by atoms with Crippen molar-refractivity contribution in [3.8, 4) is 0 Å². The minimum absolute atomic E-state index is 0.0930. The fourth-order valence-electron chi connectivity index (χ4n) is 2.08. The van der Waals surface area contributed by atoms with E-state index in [1.165, 1.54) is 12.1 Å². The second-order valence-corrected chi connectivity index (χ2v) is 5.46. The van der Waals surface area contributed by atoms with Gasteiger partial charge in [-0.2, -0.15) is 0 Å². The van der Waals surface area contributed by atoms with E-state index in [-0.39, 0.29) is 24.0 Å². The lowest BCUT2D eigenvalue weighted by Crippen LogP contribution is -2.43. The van der Waals surface area contributed by atoms with Gasteiger partial charge in [-0.25, -0.2) is 9.18 Å². The molecule has 1 aromatic carbocycles. The fraction of sp³-hybridized carbons (Fsp3) is 0.467. The summed E-state index contributed by atoms with van der Waals surface area (Å²) >= 11 is 0. The Kier molecular flexibility index (Phi) is 4.77. The molecule has 114 valence electrons. The van der Waals surface area contributed by atoms with E-state index in [1.807, 2.05) is 13.8 Å². The van der Waals surface area contributed by atoms with Gasteiger partial charge in [-0.3, -0.25) is 0 Å². The van der Waals surface area contributed by atoms with Gasteiger partial charge < -0.3 is 15.1 Å². The van der Waals surface area contributed by atoms with Crippen molar-refractivity contribution in [3.05, 3.63) is 35.6 Å². The maximum absolute atomic E-state index is 12.9. The first-order valence-corrected chi connectivity index (χ1v) is 6.96. The van der Waals surface area contributed by atoms with E-state index >= 15 is 0 Å². The smallest absolute Gasteiger partial charge is 0.317 e. The Morgan fingerprint density at radius 2 is 2.14 bits per heavy atom. The lowest BCUT2D eigenvalue weighted by molar-refractivity contribution is 0.0655. The molecule has 1 aliphatic rings. The molecule has 21 heavy (non-hydrogen) atoms. The number of likely N-dealkylation sites (N-methyl/N-ethyl adjacent to an activating group) is 1. The van der Waals surface area contributed by atoms with Gasteiger partial charge in [-0.1, -0.05) is 17.3 Å². The quantitative estimate of drug-likeness (QED) is 0.926. The highest BCUT2D eigenvalue weighted by Crippen LogP contribution is 2.17. The molecule has 5 nitrogen and oxygen atoms in total. The van der Waals surface area contributed by atoms with Crippen LogP contribution in [0.2, 0.25) is 0 Å². The minimum Gasteiger partial charge on any atom is -0.390 e. The number of halogens is 1. The number of rotatable bonds is 4. The molecule has 1 aliphatic heterocycles. The maximum atomic E-state index is 12.9. The summed E-state index contributed by atoms with van der Waals surface area (Å²) < 4.78 is 12.9. The summed E-state index contributed by atoms with van der Waals surface area (Å²) in [4.78, 5) is 18.7. The number of urea groups is 1. The molecule has 1 atom stereocenters. The number of hydrogen-bond donors (Lipinski definition) is 1. The van der Waals surface area contributed by atoms with Crippen molar-refractivity contribution in [1.82, 2.24) is 10.2 Å². The molecule has 0 spiro atoms. The van der Waals surface area contributed by atoms with Crippen LogP contribution in [0.1, 0.15) is 25.8 Å². The molecule has 1 heterocycles. The van der Waals surface area contributed by atoms with E-state index in [0.717, 1.165) is 11.3 Å². The number of carbonyl (C=O) groups is 1. The summed E-state index contributed by atoms with van der Waals surface area (Å²) in [5.41, 5.74) is 1.62. The number of amides is 2. The number of carbonyl (C=O) groups excluding carboxylic acids is 1. The fourth-order valence-corrected chi connectivity index (χ4v) is 2.08. The second kappa shape index (κ2) is 6.56. The van der Waals surface area contributed by atoms with Gasteiger partial charge in [0.15, 0.2) is 6.10 Å². The Bertz CT molecular complexity index is 528. The molecule has 0 unspecified atom stereocenters. The zero-order valence-corrected chi connectivity index (χ0v) is 12.5. The van der Waals surface area contributed by atoms with E-state index in [0.29, 0.717) is 13.0 Å². The molecule has 1 N–H and O–H groups in total. The van der Waals surface area contributed by atoms with Gasteiger partial charge in [0, 0.05) is 19.5 Å². The molecular formula is C15H20FN3O2. The van der Waals surface area contributed by atoms with Gasteiger partial charge >= 0.3 is 6.03 Å². The van der Waals surface area contributed by atoms with E-state index in [2.05, 4.69) is 10.5 Å². The average Bonchev–Trinajstić information content (AvgIpc) is 2.87. The van der Waals surface area contributed by atoms with Crippen LogP contribution in [-0.2, 0) is 4.84 Å². The third-order valence-electron chi connectivity index (χ3n) is 3.15. The summed E-state index contributed by atoms with van der Waals surface area (Å²) in [6.07, 6.45) is 0.429. The van der Waals surface area contributed by atoms with Crippen LogP contribution in [0.5, 0.6) is 0 Å². The number of nitrogens with zero attached hydrogens (tertiary/aromatic N) is 2. The largest absolute Gasteiger partial charge is 0.390 e. The molecule has 6 heteroatoms. The van der Waals surface area contributed by atoms with E-state index in [4.69, 9.17) is 4.84 Å². The molecule has 0 aromatic heterocycles. The molecule has 0 radical (unpaired) electrons. The van der Waals surface area contributed by atoms with Crippen LogP contribution < -0.4 is 5.32 Å². The van der Waals surface area contributed by atoms with Crippen molar-refractivity contribution < 1.29 is 14.0 Å². The van der Waals surface area contributed by atoms with E-state index in [1.54, 1.807) is 24.1 Å². The highest BCUT2D eigenvalue weighted by molar-refractivity contribution is 6.01. The third-order valence-corrected chi connectivity index (χ3v) is 3.15. The molecule has 0 bridgehead atoms. The molecule has 1 aromatic rings. The number of nitrogens with one attached hydrogen (secondary N) is 1. The van der Waals surface area contributed by atoms with Crippen LogP contribution in [0.15, 0.2) is 29.4 Å². The molecule has 0 saturated heterocycles. The van der Waals surface area contributed by atoms with E-state index in [9.17, 15) is 9.18 Å². The molecule has 0 fully saturated rings. The average molecular weight is 293 g/mol. The van der Waals surface area contributed by atoms with Crippen LogP contribution in [0.25, 0.3) is 0 Å². The zero-order chi connectivity index (χ0) is 15.4. The van der Waals surface area contributed by atoms with Gasteiger partial charge in [0.2, 0.25) is 0 Å². The van der Waals surface area contributed by atoms with Crippen molar-refractivity contribution in [2.75, 3.05) is 13.6 Å². The van der Waals surface area contributed by atoms with E-state index < -0.39 is 0 Å². The van der Waals surface area contributed by atoms with Crippen molar-refractivity contribution >= 4 is 11.7 Å². The van der Waals surface area contributed by atoms with Gasteiger partial charge in [0.1, 0.15) is 5.82 Å². The lowest BCUT2D eigenvalue weighted by atomic mass is 10.0. The highest BCUT2D eigenvalue weighted by Gasteiger charge is 2.25. The van der Waals surface area contributed by atoms with Crippen LogP contribution in [0.4, 0.5) is 9.18 Å². The summed E-state index contributed by atoms with van der Waals surface area (Å²) in [6, 6.07) is 6.10. The van der Waals surface area contributed by atoms with Gasteiger partial charge in [-0.05, 0) is 31.5 Å².